The highest BCUT2D eigenvalue weighted by molar-refractivity contribution is 7.92. The molecule has 2 rings (SSSR count). The summed E-state index contributed by atoms with van der Waals surface area (Å²) in [6, 6.07) is 10.6. The van der Waals surface area contributed by atoms with Crippen LogP contribution in [0.15, 0.2) is 47.4 Å². The van der Waals surface area contributed by atoms with Crippen LogP contribution < -0.4 is 24.2 Å². The van der Waals surface area contributed by atoms with Crippen molar-refractivity contribution in [2.45, 2.75) is 31.8 Å². The lowest BCUT2D eigenvalue weighted by molar-refractivity contribution is -0.127. The van der Waals surface area contributed by atoms with Crippen LogP contribution in [0.3, 0.4) is 0 Å². The molecule has 0 aliphatic rings. The van der Waals surface area contributed by atoms with Gasteiger partial charge in [0, 0.05) is 12.6 Å². The van der Waals surface area contributed by atoms with E-state index in [0.717, 1.165) is 0 Å². The molecular weight excluding hydrogens is 408 g/mol. The molecule has 1 atom stereocenters. The van der Waals surface area contributed by atoms with Crippen molar-refractivity contribution >= 4 is 21.6 Å². The summed E-state index contributed by atoms with van der Waals surface area (Å²) in [6.45, 7) is 6.19. The summed E-state index contributed by atoms with van der Waals surface area (Å²) >= 11 is 0. The van der Waals surface area contributed by atoms with Crippen LogP contribution in [0.5, 0.6) is 17.2 Å². The van der Waals surface area contributed by atoms with E-state index < -0.39 is 16.1 Å². The highest BCUT2D eigenvalue weighted by atomic mass is 32.2. The molecule has 0 heterocycles. The number of ether oxygens (including phenoxy) is 3. The van der Waals surface area contributed by atoms with Crippen molar-refractivity contribution in [3.63, 3.8) is 0 Å². The largest absolute Gasteiger partial charge is 0.497 e. The van der Waals surface area contributed by atoms with Gasteiger partial charge in [0.05, 0.1) is 24.8 Å². The molecule has 0 unspecified atom stereocenters. The number of hydrogen-bond acceptors (Lipinski definition) is 6. The van der Waals surface area contributed by atoms with Crippen molar-refractivity contribution in [2.24, 2.45) is 5.92 Å². The van der Waals surface area contributed by atoms with Crippen LogP contribution in [0, 0.1) is 5.92 Å². The fraction of sp³-hybridized carbons (Fsp3) is 0.381. The van der Waals surface area contributed by atoms with E-state index in [1.165, 1.54) is 44.6 Å². The first-order valence-corrected chi connectivity index (χ1v) is 10.9. The molecule has 8 nitrogen and oxygen atoms in total. The molecule has 0 spiro atoms. The zero-order chi connectivity index (χ0) is 22.3. The first-order chi connectivity index (χ1) is 14.2. The van der Waals surface area contributed by atoms with Gasteiger partial charge in [0.25, 0.3) is 15.9 Å². The zero-order valence-corrected chi connectivity index (χ0v) is 18.6. The Morgan fingerprint density at radius 2 is 1.60 bits per heavy atom. The monoisotopic (exact) mass is 436 g/mol. The number of sulfonamides is 1. The van der Waals surface area contributed by atoms with E-state index in [1.54, 1.807) is 19.1 Å². The lowest BCUT2D eigenvalue weighted by Crippen LogP contribution is -2.38. The average molecular weight is 437 g/mol. The molecule has 0 saturated carbocycles. The number of methoxy groups -OCH3 is 2. The Morgan fingerprint density at radius 3 is 2.17 bits per heavy atom. The van der Waals surface area contributed by atoms with Crippen molar-refractivity contribution in [3.05, 3.63) is 42.5 Å². The first kappa shape index (κ1) is 23.3. The minimum Gasteiger partial charge on any atom is -0.497 e. The number of rotatable bonds is 10. The van der Waals surface area contributed by atoms with E-state index in [2.05, 4.69) is 10.0 Å². The Morgan fingerprint density at radius 1 is 0.967 bits per heavy atom. The van der Waals surface area contributed by atoms with E-state index >= 15 is 0 Å². The molecule has 2 aromatic carbocycles. The van der Waals surface area contributed by atoms with E-state index in [0.29, 0.717) is 29.7 Å². The van der Waals surface area contributed by atoms with Crippen LogP contribution in [-0.2, 0) is 14.8 Å². The molecule has 0 fully saturated rings. The smallest absolute Gasteiger partial charge is 0.262 e. The lowest BCUT2D eigenvalue weighted by atomic mass is 10.2. The third-order valence-corrected chi connectivity index (χ3v) is 5.53. The second kappa shape index (κ2) is 10.2. The van der Waals surface area contributed by atoms with Gasteiger partial charge < -0.3 is 19.5 Å². The summed E-state index contributed by atoms with van der Waals surface area (Å²) < 4.78 is 43.9. The lowest BCUT2D eigenvalue weighted by Gasteiger charge is -2.16. The standard InChI is InChI=1S/C21H28N2O6S/c1-14(2)13-22-21(24)15(3)29-16-6-9-18(10-7-16)30(25,26)23-19-12-17(27-4)8-11-20(19)28-5/h6-12,14-15,23H,13H2,1-5H3,(H,22,24)/t15-/m0/s1. The molecule has 0 radical (unpaired) electrons. The SMILES string of the molecule is COc1ccc(OC)c(NS(=O)(=O)c2ccc(O[C@@H](C)C(=O)NCC(C)C)cc2)c1. The van der Waals surface area contributed by atoms with Crippen LogP contribution in [0.25, 0.3) is 0 Å². The van der Waals surface area contributed by atoms with Gasteiger partial charge in [0.2, 0.25) is 0 Å². The summed E-state index contributed by atoms with van der Waals surface area (Å²) in [5.74, 6) is 1.34. The topological polar surface area (TPSA) is 103 Å². The molecule has 30 heavy (non-hydrogen) atoms. The normalized spacial score (nSPS) is 12.2. The van der Waals surface area contributed by atoms with Gasteiger partial charge in [-0.25, -0.2) is 8.42 Å². The summed E-state index contributed by atoms with van der Waals surface area (Å²) in [6.07, 6.45) is -0.703. The van der Waals surface area contributed by atoms with Crippen molar-refractivity contribution < 1.29 is 27.4 Å². The second-order valence-electron chi connectivity index (χ2n) is 7.04. The van der Waals surface area contributed by atoms with Crippen LogP contribution in [0.2, 0.25) is 0 Å². The van der Waals surface area contributed by atoms with Crippen molar-refractivity contribution in [2.75, 3.05) is 25.5 Å². The van der Waals surface area contributed by atoms with Crippen LogP contribution in [-0.4, -0.2) is 41.2 Å². The van der Waals surface area contributed by atoms with Crippen LogP contribution in [0.4, 0.5) is 5.69 Å². The number of amides is 1. The number of benzene rings is 2. The maximum absolute atomic E-state index is 12.7. The van der Waals surface area contributed by atoms with E-state index in [-0.39, 0.29) is 16.5 Å². The number of hydrogen-bond donors (Lipinski definition) is 2. The molecule has 0 aliphatic carbocycles. The van der Waals surface area contributed by atoms with Gasteiger partial charge >= 0.3 is 0 Å². The van der Waals surface area contributed by atoms with Gasteiger partial charge in [-0.3, -0.25) is 9.52 Å². The van der Waals surface area contributed by atoms with Crippen molar-refractivity contribution in [3.8, 4) is 17.2 Å². The maximum atomic E-state index is 12.7. The number of nitrogens with one attached hydrogen (secondary N) is 2. The third-order valence-electron chi connectivity index (χ3n) is 4.15. The predicted octanol–water partition coefficient (Wildman–Crippen LogP) is 3.04. The molecule has 0 aliphatic heterocycles. The maximum Gasteiger partial charge on any atom is 0.262 e. The highest BCUT2D eigenvalue weighted by Crippen LogP contribution is 2.31. The Balaban J connectivity index is 2.11. The zero-order valence-electron chi connectivity index (χ0n) is 17.8. The second-order valence-corrected chi connectivity index (χ2v) is 8.72. The average Bonchev–Trinajstić information content (AvgIpc) is 2.71. The van der Waals surface area contributed by atoms with Gasteiger partial charge in [0.1, 0.15) is 17.2 Å². The summed E-state index contributed by atoms with van der Waals surface area (Å²) in [7, 11) is -0.933. The first-order valence-electron chi connectivity index (χ1n) is 9.45. The van der Waals surface area contributed by atoms with E-state index in [4.69, 9.17) is 14.2 Å². The molecule has 2 aromatic rings. The predicted molar refractivity (Wildman–Crippen MR) is 115 cm³/mol. The molecule has 164 valence electrons. The van der Waals surface area contributed by atoms with Crippen molar-refractivity contribution in [1.29, 1.82) is 0 Å². The Bertz CT molecular complexity index is 958. The number of carbonyl (C=O) groups is 1. The van der Waals surface area contributed by atoms with Crippen LogP contribution in [0.1, 0.15) is 20.8 Å². The van der Waals surface area contributed by atoms with Gasteiger partial charge in [-0.2, -0.15) is 0 Å². The van der Waals surface area contributed by atoms with Gasteiger partial charge in [-0.1, -0.05) is 13.8 Å². The molecule has 9 heteroatoms. The Labute approximate surface area is 177 Å². The summed E-state index contributed by atoms with van der Waals surface area (Å²) in [5, 5.41) is 2.79. The van der Waals surface area contributed by atoms with Gasteiger partial charge in [0.15, 0.2) is 6.10 Å². The van der Waals surface area contributed by atoms with Crippen molar-refractivity contribution in [1.82, 2.24) is 5.32 Å². The van der Waals surface area contributed by atoms with E-state index in [9.17, 15) is 13.2 Å². The minimum atomic E-state index is -3.87. The number of carbonyl (C=O) groups excluding carboxylic acids is 1. The van der Waals surface area contributed by atoms with Crippen LogP contribution >= 0.6 is 0 Å². The molecule has 0 aromatic heterocycles. The molecule has 2 N–H and O–H groups in total. The minimum absolute atomic E-state index is 0.0386. The fourth-order valence-electron chi connectivity index (χ4n) is 2.50. The van der Waals surface area contributed by atoms with Gasteiger partial charge in [-0.05, 0) is 49.2 Å². The fourth-order valence-corrected chi connectivity index (χ4v) is 3.56. The quantitative estimate of drug-likeness (QED) is 0.593. The van der Waals surface area contributed by atoms with E-state index in [1.807, 2.05) is 13.8 Å². The number of anilines is 1. The third kappa shape index (κ3) is 6.28. The Kier molecular flexibility index (Phi) is 7.93. The summed E-state index contributed by atoms with van der Waals surface area (Å²) in [5.41, 5.74) is 0.257. The molecule has 1 amide bonds. The molecule has 0 bridgehead atoms. The Hall–Kier alpha value is -2.94. The van der Waals surface area contributed by atoms with Gasteiger partial charge in [-0.15, -0.1) is 0 Å². The molecule has 0 saturated heterocycles. The summed E-state index contributed by atoms with van der Waals surface area (Å²) in [4.78, 5) is 12.1. The molecular formula is C21H28N2O6S. The highest BCUT2D eigenvalue weighted by Gasteiger charge is 2.19.